The Morgan fingerprint density at radius 1 is 1.00 bits per heavy atom. The van der Waals surface area contributed by atoms with Crippen LogP contribution >= 0.6 is 11.8 Å². The first-order valence-corrected chi connectivity index (χ1v) is 19.8. The zero-order valence-electron chi connectivity index (χ0n) is 27.3. The van der Waals surface area contributed by atoms with E-state index >= 15 is 8.78 Å². The maximum Gasteiger partial charge on any atom is 0.336 e. The predicted octanol–water partition coefficient (Wildman–Crippen LogP) is 9.90. The second-order valence-electron chi connectivity index (χ2n) is 14.9. The second kappa shape index (κ2) is 11.6. The molecule has 2 fully saturated rings. The van der Waals surface area contributed by atoms with E-state index in [-0.39, 0.29) is 46.6 Å². The highest BCUT2D eigenvalue weighted by molar-refractivity contribution is 7.98. The van der Waals surface area contributed by atoms with Crippen LogP contribution in [0.5, 0.6) is 0 Å². The highest BCUT2D eigenvalue weighted by atomic mass is 32.2. The van der Waals surface area contributed by atoms with Crippen LogP contribution in [0.25, 0.3) is 0 Å². The van der Waals surface area contributed by atoms with Crippen LogP contribution in [0, 0.1) is 28.7 Å². The first kappa shape index (κ1) is 32.7. The molecule has 1 aromatic rings. The Balaban J connectivity index is 1.64. The highest BCUT2D eigenvalue weighted by Crippen LogP contribution is 2.69. The zero-order chi connectivity index (χ0) is 31.5. The molecule has 4 aliphatic carbocycles. The Hall–Kier alpha value is -1.68. The van der Waals surface area contributed by atoms with Gasteiger partial charge in [0.05, 0.1) is 0 Å². The molecule has 2 saturated carbocycles. The van der Waals surface area contributed by atoms with Crippen molar-refractivity contribution in [1.29, 1.82) is 0 Å². The van der Waals surface area contributed by atoms with Crippen molar-refractivity contribution >= 4 is 25.6 Å². The van der Waals surface area contributed by atoms with Gasteiger partial charge in [-0.3, -0.25) is 4.79 Å². The summed E-state index contributed by atoms with van der Waals surface area (Å²) >= 11 is 1.69. The first-order valence-electron chi connectivity index (χ1n) is 16.4. The number of allylic oxidation sites excluding steroid dienone is 4. The van der Waals surface area contributed by atoms with Gasteiger partial charge in [0.15, 0.2) is 5.78 Å². The Morgan fingerprint density at radius 2 is 1.63 bits per heavy atom. The number of hydrogen-bond donors (Lipinski definition) is 1. The van der Waals surface area contributed by atoms with Gasteiger partial charge in [-0.2, -0.15) is 8.78 Å². The summed E-state index contributed by atoms with van der Waals surface area (Å²) in [5.41, 5.74) is 5.71. The molecule has 5 rings (SSSR count). The van der Waals surface area contributed by atoms with Gasteiger partial charge in [0.2, 0.25) is 0 Å². The highest BCUT2D eigenvalue weighted by Gasteiger charge is 2.71. The number of ketones is 1. The lowest BCUT2D eigenvalue weighted by Crippen LogP contribution is -2.60. The van der Waals surface area contributed by atoms with E-state index in [1.165, 1.54) is 11.1 Å². The van der Waals surface area contributed by atoms with E-state index < -0.39 is 25.0 Å². The number of hydrogen-bond acceptors (Lipinski definition) is 3. The first-order chi connectivity index (χ1) is 20.1. The van der Waals surface area contributed by atoms with Crippen LogP contribution < -0.4 is 0 Å². The summed E-state index contributed by atoms with van der Waals surface area (Å²) in [6.07, 6.45) is 7.88. The number of carbonyl (C=O) groups excluding carboxylic acids is 1. The van der Waals surface area contributed by atoms with Crippen molar-refractivity contribution in [3.8, 4) is 11.5 Å². The fraction of sp³-hybridized carbons (Fsp3) is 0.649. The van der Waals surface area contributed by atoms with Crippen molar-refractivity contribution in [2.45, 2.75) is 132 Å². The van der Waals surface area contributed by atoms with E-state index in [9.17, 15) is 9.90 Å². The average molecular weight is 625 g/mol. The van der Waals surface area contributed by atoms with E-state index in [1.54, 1.807) is 11.8 Å². The number of aliphatic hydroxyl groups is 1. The molecule has 6 heteroatoms. The Labute approximate surface area is 263 Å². The Bertz CT molecular complexity index is 1360. The van der Waals surface area contributed by atoms with Crippen LogP contribution in [0.2, 0.25) is 16.6 Å². The molecule has 234 valence electrons. The van der Waals surface area contributed by atoms with Gasteiger partial charge < -0.3 is 5.11 Å². The van der Waals surface area contributed by atoms with Crippen LogP contribution in [-0.4, -0.2) is 36.7 Å². The van der Waals surface area contributed by atoms with Gasteiger partial charge >= 0.3 is 5.92 Å². The molecule has 4 aliphatic rings. The van der Waals surface area contributed by atoms with Crippen molar-refractivity contribution in [3.63, 3.8) is 0 Å². The normalized spacial score (nSPS) is 31.1. The molecule has 5 atom stereocenters. The number of carbonyl (C=O) groups is 1. The molecule has 0 bridgehead atoms. The minimum Gasteiger partial charge on any atom is -0.382 e. The molecular formula is C37H50F2O2SSi. The van der Waals surface area contributed by atoms with Gasteiger partial charge in [-0.25, -0.2) is 0 Å². The molecule has 0 saturated heterocycles. The van der Waals surface area contributed by atoms with E-state index in [1.807, 2.05) is 13.0 Å². The molecule has 0 amide bonds. The quantitative estimate of drug-likeness (QED) is 0.194. The lowest BCUT2D eigenvalue weighted by atomic mass is 9.50. The summed E-state index contributed by atoms with van der Waals surface area (Å²) in [5.74, 6) is -0.771. The third kappa shape index (κ3) is 5.05. The molecule has 1 N–H and O–H groups in total. The van der Waals surface area contributed by atoms with Crippen molar-refractivity contribution < 1.29 is 18.7 Å². The number of benzene rings is 1. The molecule has 43 heavy (non-hydrogen) atoms. The summed E-state index contributed by atoms with van der Waals surface area (Å²) in [7, 11) is -2.41. The van der Waals surface area contributed by atoms with Crippen LogP contribution in [0.4, 0.5) is 8.78 Å². The standard InChI is InChI=1S/C37H50F2O2SSi/c1-23(2)43(24(3)4,25(5)6)20-19-37(38,39)36(41)18-17-33-31-15-11-27-21-28(40)12-16-30(27)34(31)32(22-35(33,36)7)26-9-13-29(42-8)14-10-26/h9-10,13-14,21,23-25,31-33,41H,11-12,15-18,22H2,1-8H3/t31?,32?,33?,35-,36-/m0/s1. The van der Waals surface area contributed by atoms with E-state index in [0.717, 1.165) is 35.3 Å². The third-order valence-electron chi connectivity index (χ3n) is 12.2. The fourth-order valence-electron chi connectivity index (χ4n) is 10.0. The number of halogens is 2. The van der Waals surface area contributed by atoms with Gasteiger partial charge in [0.25, 0.3) is 0 Å². The largest absolute Gasteiger partial charge is 0.382 e. The van der Waals surface area contributed by atoms with Crippen molar-refractivity contribution in [3.05, 3.63) is 52.6 Å². The molecule has 0 aliphatic heterocycles. The maximum atomic E-state index is 16.8. The van der Waals surface area contributed by atoms with Crippen molar-refractivity contribution in [2.24, 2.45) is 17.3 Å². The molecule has 2 nitrogen and oxygen atoms in total. The smallest absolute Gasteiger partial charge is 0.336 e. The lowest BCUT2D eigenvalue weighted by molar-refractivity contribution is -0.209. The lowest BCUT2D eigenvalue weighted by Gasteiger charge is -2.55. The van der Waals surface area contributed by atoms with Gasteiger partial charge in [0.1, 0.15) is 13.7 Å². The van der Waals surface area contributed by atoms with Gasteiger partial charge in [-0.15, -0.1) is 17.3 Å². The predicted molar refractivity (Wildman–Crippen MR) is 177 cm³/mol. The summed E-state index contributed by atoms with van der Waals surface area (Å²) in [5, 5.41) is 12.4. The molecule has 0 spiro atoms. The number of alkyl halides is 2. The monoisotopic (exact) mass is 624 g/mol. The van der Waals surface area contributed by atoms with Crippen LogP contribution in [0.15, 0.2) is 52.0 Å². The molecule has 0 heterocycles. The Kier molecular flexibility index (Phi) is 8.82. The summed E-state index contributed by atoms with van der Waals surface area (Å²) in [4.78, 5) is 13.5. The average Bonchev–Trinajstić information content (AvgIpc) is 3.23. The number of rotatable bonds is 6. The number of thioether (sulfide) groups is 1. The van der Waals surface area contributed by atoms with Crippen LogP contribution in [-0.2, 0) is 4.79 Å². The van der Waals surface area contributed by atoms with E-state index in [4.69, 9.17) is 0 Å². The van der Waals surface area contributed by atoms with Crippen LogP contribution in [0.1, 0.15) is 105 Å². The molecule has 0 radical (unpaired) electrons. The Morgan fingerprint density at radius 3 is 2.21 bits per heavy atom. The van der Waals surface area contributed by atoms with Gasteiger partial charge in [-0.1, -0.05) is 66.2 Å². The number of fused-ring (bicyclic) bond motifs is 4. The molecule has 0 aromatic heterocycles. The third-order valence-corrected chi connectivity index (χ3v) is 19.3. The minimum atomic E-state index is -3.51. The second-order valence-corrected chi connectivity index (χ2v) is 21.3. The van der Waals surface area contributed by atoms with E-state index in [2.05, 4.69) is 83.5 Å². The zero-order valence-corrected chi connectivity index (χ0v) is 29.1. The van der Waals surface area contributed by atoms with Crippen LogP contribution in [0.3, 0.4) is 0 Å². The molecule has 1 aromatic carbocycles. The summed E-state index contributed by atoms with van der Waals surface area (Å²) < 4.78 is 33.5. The maximum absolute atomic E-state index is 16.8. The molecule has 3 unspecified atom stereocenters. The van der Waals surface area contributed by atoms with Gasteiger partial charge in [-0.05, 0) is 114 Å². The van der Waals surface area contributed by atoms with Crippen molar-refractivity contribution in [2.75, 3.05) is 6.26 Å². The minimum absolute atomic E-state index is 0.0455. The summed E-state index contributed by atoms with van der Waals surface area (Å²) in [6, 6.07) is 8.54. The van der Waals surface area contributed by atoms with Gasteiger partial charge in [0, 0.05) is 22.6 Å². The molecular weight excluding hydrogens is 575 g/mol. The summed E-state index contributed by atoms with van der Waals surface area (Å²) in [6.45, 7) is 14.7. The fourth-order valence-corrected chi connectivity index (χ4v) is 15.7. The SMILES string of the molecule is CSc1ccc(C2C[C@@]3(C)C(CC[C@@]3(O)C(F)(F)C#C[Si](C(C)C)(C(C)C)C(C)C)C3CCC4=CC(=O)CCC4=C23)cc1. The van der Waals surface area contributed by atoms with E-state index in [0.29, 0.717) is 19.3 Å². The van der Waals surface area contributed by atoms with Crippen molar-refractivity contribution in [1.82, 2.24) is 0 Å². The topological polar surface area (TPSA) is 37.3 Å².